The predicted octanol–water partition coefficient (Wildman–Crippen LogP) is 3.88. The summed E-state index contributed by atoms with van der Waals surface area (Å²) >= 11 is 12.2. The minimum Gasteiger partial charge on any atom is -0.365 e. The summed E-state index contributed by atoms with van der Waals surface area (Å²) in [5.41, 5.74) is 9.78. The molecule has 0 fully saturated rings. The van der Waals surface area contributed by atoms with Crippen LogP contribution in [0, 0.1) is 0 Å². The van der Waals surface area contributed by atoms with Crippen molar-refractivity contribution in [1.29, 1.82) is 0 Å². The van der Waals surface area contributed by atoms with E-state index in [-0.39, 0.29) is 6.04 Å². The number of anilines is 1. The number of benzene rings is 2. The molecule has 2 aromatic rings. The van der Waals surface area contributed by atoms with E-state index in [1.54, 1.807) is 6.07 Å². The fraction of sp³-hybridized carbons (Fsp3) is 0.250. The predicted molar refractivity (Wildman–Crippen MR) is 85.6 cm³/mol. The molecule has 104 valence electrons. The maximum atomic E-state index is 6.27. The number of hydrogen-bond acceptors (Lipinski definition) is 2. The maximum absolute atomic E-state index is 6.27. The zero-order valence-corrected chi connectivity index (χ0v) is 12.5. The Balaban J connectivity index is 1.91. The molecule has 1 unspecified atom stereocenters. The smallest absolute Gasteiger partial charge is 0.0470 e. The zero-order chi connectivity index (χ0) is 14.1. The van der Waals surface area contributed by atoms with Crippen molar-refractivity contribution < 1.29 is 0 Å². The summed E-state index contributed by atoms with van der Waals surface area (Å²) in [4.78, 5) is 2.29. The zero-order valence-electron chi connectivity index (χ0n) is 11.0. The molecule has 0 spiro atoms. The molecule has 0 aliphatic carbocycles. The van der Waals surface area contributed by atoms with E-state index in [0.29, 0.717) is 10.0 Å². The van der Waals surface area contributed by atoms with E-state index < -0.39 is 0 Å². The fourth-order valence-electron chi connectivity index (χ4n) is 2.73. The van der Waals surface area contributed by atoms with Gasteiger partial charge in [-0.2, -0.15) is 0 Å². The number of fused-ring (bicyclic) bond motifs is 1. The first-order valence-corrected chi connectivity index (χ1v) is 7.41. The summed E-state index contributed by atoms with van der Waals surface area (Å²) in [5, 5.41) is 1.36. The monoisotopic (exact) mass is 306 g/mol. The molecule has 0 radical (unpaired) electrons. The molecule has 1 aliphatic heterocycles. The van der Waals surface area contributed by atoms with Crippen molar-refractivity contribution in [2.24, 2.45) is 5.73 Å². The molecule has 0 saturated carbocycles. The van der Waals surface area contributed by atoms with Gasteiger partial charge in [0.25, 0.3) is 0 Å². The summed E-state index contributed by atoms with van der Waals surface area (Å²) in [6, 6.07) is 14.2. The average Bonchev–Trinajstić information content (AvgIpc) is 2.41. The topological polar surface area (TPSA) is 29.3 Å². The molecule has 0 amide bonds. The molecule has 2 aromatic carbocycles. The average molecular weight is 307 g/mol. The summed E-state index contributed by atoms with van der Waals surface area (Å²) in [6.07, 6.45) is 0.932. The molecule has 0 bridgehead atoms. The van der Waals surface area contributed by atoms with E-state index in [1.807, 2.05) is 12.1 Å². The second kappa shape index (κ2) is 5.65. The van der Waals surface area contributed by atoms with Gasteiger partial charge >= 0.3 is 0 Å². The van der Waals surface area contributed by atoms with Gasteiger partial charge in [-0.3, -0.25) is 0 Å². The Morgan fingerprint density at radius 2 is 1.95 bits per heavy atom. The highest BCUT2D eigenvalue weighted by Crippen LogP contribution is 2.30. The van der Waals surface area contributed by atoms with Crippen LogP contribution in [0.15, 0.2) is 42.5 Å². The molecule has 20 heavy (non-hydrogen) atoms. The number of nitrogens with zero attached hydrogens (tertiary/aromatic N) is 1. The van der Waals surface area contributed by atoms with Crippen molar-refractivity contribution in [3.63, 3.8) is 0 Å². The van der Waals surface area contributed by atoms with Gasteiger partial charge in [0.2, 0.25) is 0 Å². The van der Waals surface area contributed by atoms with Gasteiger partial charge in [0.1, 0.15) is 0 Å². The molecule has 0 aromatic heterocycles. The maximum Gasteiger partial charge on any atom is 0.0470 e. The number of rotatable bonds is 2. The van der Waals surface area contributed by atoms with Crippen LogP contribution in [-0.2, 0) is 13.0 Å². The molecule has 1 heterocycles. The van der Waals surface area contributed by atoms with Crippen LogP contribution in [0.4, 0.5) is 5.69 Å². The van der Waals surface area contributed by atoms with Crippen molar-refractivity contribution in [3.05, 3.63) is 63.6 Å². The second-order valence-corrected chi connectivity index (χ2v) is 6.05. The van der Waals surface area contributed by atoms with Crippen LogP contribution in [-0.4, -0.2) is 12.6 Å². The van der Waals surface area contributed by atoms with Gasteiger partial charge in [-0.1, -0.05) is 47.5 Å². The molecule has 2 nitrogen and oxygen atoms in total. The van der Waals surface area contributed by atoms with Crippen molar-refractivity contribution in [3.8, 4) is 0 Å². The first kappa shape index (κ1) is 13.7. The molecule has 1 atom stereocenters. The third-order valence-electron chi connectivity index (χ3n) is 3.65. The first-order valence-electron chi connectivity index (χ1n) is 6.66. The van der Waals surface area contributed by atoms with Gasteiger partial charge in [0.15, 0.2) is 0 Å². The standard InChI is InChI=1S/C16H16Cl2N2/c17-13-6-5-12(15(18)8-13)9-20-10-14(19)7-11-3-1-2-4-16(11)20/h1-6,8,14H,7,9-10,19H2. The third kappa shape index (κ3) is 2.78. The van der Waals surface area contributed by atoms with E-state index in [9.17, 15) is 0 Å². The van der Waals surface area contributed by atoms with E-state index in [1.165, 1.54) is 11.3 Å². The first-order chi connectivity index (χ1) is 9.63. The lowest BCUT2D eigenvalue weighted by Gasteiger charge is -2.35. The highest BCUT2D eigenvalue weighted by Gasteiger charge is 2.22. The van der Waals surface area contributed by atoms with E-state index in [0.717, 1.165) is 25.1 Å². The van der Waals surface area contributed by atoms with E-state index in [4.69, 9.17) is 28.9 Å². The lowest BCUT2D eigenvalue weighted by atomic mass is 9.98. The number of halogens is 2. The number of para-hydroxylation sites is 1. The largest absolute Gasteiger partial charge is 0.365 e. The van der Waals surface area contributed by atoms with Crippen LogP contribution >= 0.6 is 23.2 Å². The minimum atomic E-state index is 0.163. The minimum absolute atomic E-state index is 0.163. The molecule has 4 heteroatoms. The van der Waals surface area contributed by atoms with Crippen molar-refractivity contribution in [2.45, 2.75) is 19.0 Å². The SMILES string of the molecule is NC1Cc2ccccc2N(Cc2ccc(Cl)cc2Cl)C1. The molecule has 3 rings (SSSR count). The van der Waals surface area contributed by atoms with Crippen LogP contribution in [0.5, 0.6) is 0 Å². The molecular formula is C16H16Cl2N2. The van der Waals surface area contributed by atoms with Crippen molar-refractivity contribution in [1.82, 2.24) is 0 Å². The molecular weight excluding hydrogens is 291 g/mol. The third-order valence-corrected chi connectivity index (χ3v) is 4.23. The highest BCUT2D eigenvalue weighted by molar-refractivity contribution is 6.35. The van der Waals surface area contributed by atoms with Crippen LogP contribution in [0.2, 0.25) is 10.0 Å². The number of nitrogens with two attached hydrogens (primary N) is 1. The van der Waals surface area contributed by atoms with Gasteiger partial charge < -0.3 is 10.6 Å². The van der Waals surface area contributed by atoms with E-state index >= 15 is 0 Å². The van der Waals surface area contributed by atoms with Crippen LogP contribution < -0.4 is 10.6 Å². The second-order valence-electron chi connectivity index (χ2n) is 5.21. The van der Waals surface area contributed by atoms with Crippen LogP contribution in [0.1, 0.15) is 11.1 Å². The van der Waals surface area contributed by atoms with Gasteiger partial charge in [-0.25, -0.2) is 0 Å². The Hall–Kier alpha value is -1.22. The van der Waals surface area contributed by atoms with Crippen molar-refractivity contribution >= 4 is 28.9 Å². The van der Waals surface area contributed by atoms with Gasteiger partial charge in [-0.05, 0) is 35.7 Å². The highest BCUT2D eigenvalue weighted by atomic mass is 35.5. The fourth-order valence-corrected chi connectivity index (χ4v) is 3.19. The van der Waals surface area contributed by atoms with Gasteiger partial charge in [0.05, 0.1) is 0 Å². The summed E-state index contributed by atoms with van der Waals surface area (Å²) in [6.45, 7) is 1.59. The van der Waals surface area contributed by atoms with Crippen LogP contribution in [0.3, 0.4) is 0 Å². The number of hydrogen-bond donors (Lipinski definition) is 1. The lowest BCUT2D eigenvalue weighted by molar-refractivity contribution is 0.599. The Morgan fingerprint density at radius 3 is 2.75 bits per heavy atom. The van der Waals surface area contributed by atoms with Crippen molar-refractivity contribution in [2.75, 3.05) is 11.4 Å². The Morgan fingerprint density at radius 1 is 1.15 bits per heavy atom. The Kier molecular flexibility index (Phi) is 3.88. The van der Waals surface area contributed by atoms with E-state index in [2.05, 4.69) is 29.2 Å². The molecule has 0 saturated heterocycles. The Labute approximate surface area is 129 Å². The molecule has 2 N–H and O–H groups in total. The Bertz CT molecular complexity index is 628. The lowest BCUT2D eigenvalue weighted by Crippen LogP contribution is -2.42. The van der Waals surface area contributed by atoms with Gasteiger partial charge in [-0.15, -0.1) is 0 Å². The van der Waals surface area contributed by atoms with Crippen LogP contribution in [0.25, 0.3) is 0 Å². The summed E-state index contributed by atoms with van der Waals surface area (Å²) < 4.78 is 0. The normalized spacial score (nSPS) is 17.9. The van der Waals surface area contributed by atoms with Gasteiger partial charge in [0, 0.05) is 34.9 Å². The summed E-state index contributed by atoms with van der Waals surface area (Å²) in [5.74, 6) is 0. The molecule has 1 aliphatic rings. The summed E-state index contributed by atoms with van der Waals surface area (Å²) in [7, 11) is 0. The quantitative estimate of drug-likeness (QED) is 0.912.